The molecule has 13 nitrogen and oxygen atoms in total. The van der Waals surface area contributed by atoms with E-state index < -0.39 is 75.7 Å². The van der Waals surface area contributed by atoms with Crippen molar-refractivity contribution in [3.63, 3.8) is 0 Å². The third kappa shape index (κ3) is 32.6. The molecule has 6 N–H and O–H groups in total. The lowest BCUT2D eigenvalue weighted by Crippen LogP contribution is -2.64. The first-order valence-electron chi connectivity index (χ1n) is 24.7. The fourth-order valence-corrected chi connectivity index (χ4v) is 8.05. The van der Waals surface area contributed by atoms with Crippen LogP contribution in [-0.2, 0) is 32.7 Å². The van der Waals surface area contributed by atoms with Crippen molar-refractivity contribution in [2.45, 2.75) is 224 Å². The predicted molar refractivity (Wildman–Crippen MR) is 258 cm³/mol. The molecule has 0 aromatic rings. The Hall–Kier alpha value is -2.71. The van der Waals surface area contributed by atoms with Crippen LogP contribution in [0.4, 0.5) is 0 Å². The molecule has 0 saturated heterocycles. The molecule has 1 aliphatic rings. The van der Waals surface area contributed by atoms with E-state index in [2.05, 4.69) is 86.8 Å². The highest BCUT2D eigenvalue weighted by atomic mass is 31.2. The van der Waals surface area contributed by atoms with E-state index in [9.17, 15) is 44.6 Å². The molecule has 14 heteroatoms. The van der Waals surface area contributed by atoms with Crippen LogP contribution in [0, 0.1) is 0 Å². The van der Waals surface area contributed by atoms with Gasteiger partial charge in [0.15, 0.2) is 6.10 Å². The average molecular weight is 939 g/mol. The molecule has 0 bridgehead atoms. The van der Waals surface area contributed by atoms with Gasteiger partial charge in [-0.2, -0.15) is 0 Å². The van der Waals surface area contributed by atoms with Crippen molar-refractivity contribution in [3.8, 4) is 0 Å². The van der Waals surface area contributed by atoms with Crippen LogP contribution >= 0.6 is 7.82 Å². The van der Waals surface area contributed by atoms with Gasteiger partial charge in [-0.05, 0) is 83.5 Å². The maximum atomic E-state index is 12.8. The molecule has 0 aliphatic heterocycles. The first-order chi connectivity index (χ1) is 31.4. The van der Waals surface area contributed by atoms with Gasteiger partial charge in [0.1, 0.15) is 43.2 Å². The smallest absolute Gasteiger partial charge is 0.462 e. The van der Waals surface area contributed by atoms with Crippen molar-refractivity contribution in [2.24, 2.45) is 0 Å². The minimum absolute atomic E-state index is 0.0541. The van der Waals surface area contributed by atoms with E-state index in [-0.39, 0.29) is 12.8 Å². The highest BCUT2D eigenvalue weighted by Gasteiger charge is 2.51. The number of phosphoric ester groups is 1. The second-order valence-electron chi connectivity index (χ2n) is 16.9. The molecule has 6 unspecified atom stereocenters. The lowest BCUT2D eigenvalue weighted by atomic mass is 9.85. The molecular weight excluding hydrogens is 852 g/mol. The standard InChI is InChI=1S/C51H87O13P/c1-3-5-7-9-11-13-15-17-19-21-22-24-26-28-30-32-34-36-38-40-45(53)63-43(42-62-65(59,60)64-51-49(57)47(55)46(54)48(56)50(51)58)41-61-44(52)39-37-35-33-31-29-27-25-23-20-18-16-14-12-10-8-6-4-2/h5,7,11,13-14,16-17,19,22,24,28,30,43,46-51,54-58H,3-4,6,8-10,12,15,18,20-21,23,25-27,29,31-42H2,1-2H3,(H,59,60)/b7-5+,13-11+,16-14+,19-17+,24-22+,30-28+/t43-,46?,47-,48?,49?,50?,51?/m1/s1. The Balaban J connectivity index is 2.46. The second-order valence-corrected chi connectivity index (χ2v) is 18.3. The average Bonchev–Trinajstić information content (AvgIpc) is 3.29. The molecule has 1 saturated carbocycles. The molecule has 0 amide bonds. The van der Waals surface area contributed by atoms with Crippen LogP contribution in [0.25, 0.3) is 0 Å². The third-order valence-corrected chi connectivity index (χ3v) is 12.0. The summed E-state index contributed by atoms with van der Waals surface area (Å²) in [5, 5.41) is 50.2. The van der Waals surface area contributed by atoms with E-state index >= 15 is 0 Å². The number of phosphoric acid groups is 1. The maximum Gasteiger partial charge on any atom is 0.472 e. The zero-order valence-corrected chi connectivity index (χ0v) is 40.7. The van der Waals surface area contributed by atoms with Crippen LogP contribution in [0.2, 0.25) is 0 Å². The third-order valence-electron chi connectivity index (χ3n) is 11.0. The zero-order valence-electron chi connectivity index (χ0n) is 39.8. The largest absolute Gasteiger partial charge is 0.472 e. The Bertz CT molecular complexity index is 1410. The topological polar surface area (TPSA) is 210 Å². The van der Waals surface area contributed by atoms with Gasteiger partial charge < -0.3 is 39.9 Å². The first kappa shape index (κ1) is 60.3. The van der Waals surface area contributed by atoms with Crippen LogP contribution in [0.3, 0.4) is 0 Å². The van der Waals surface area contributed by atoms with Gasteiger partial charge in [0.2, 0.25) is 0 Å². The summed E-state index contributed by atoms with van der Waals surface area (Å²) in [6, 6.07) is 0. The van der Waals surface area contributed by atoms with E-state index in [1.165, 1.54) is 57.8 Å². The minimum Gasteiger partial charge on any atom is -0.462 e. The van der Waals surface area contributed by atoms with Crippen LogP contribution in [0.15, 0.2) is 72.9 Å². The summed E-state index contributed by atoms with van der Waals surface area (Å²) < 4.78 is 33.6. The second kappa shape index (κ2) is 40.4. The Morgan fingerprint density at radius 1 is 0.492 bits per heavy atom. The zero-order chi connectivity index (χ0) is 47.8. The Labute approximate surface area is 391 Å². The van der Waals surface area contributed by atoms with Gasteiger partial charge >= 0.3 is 19.8 Å². The van der Waals surface area contributed by atoms with E-state index in [1.54, 1.807) is 0 Å². The quantitative estimate of drug-likeness (QED) is 0.0146. The summed E-state index contributed by atoms with van der Waals surface area (Å²) in [7, 11) is -5.13. The normalized spacial score (nSPS) is 22.0. The van der Waals surface area contributed by atoms with Crippen molar-refractivity contribution in [3.05, 3.63) is 72.9 Å². The molecule has 1 rings (SSSR count). The number of allylic oxidation sites excluding steroid dienone is 12. The van der Waals surface area contributed by atoms with Gasteiger partial charge in [0.25, 0.3) is 0 Å². The fraction of sp³-hybridized carbons (Fsp3) is 0.725. The number of carbonyl (C=O) groups is 2. The highest BCUT2D eigenvalue weighted by molar-refractivity contribution is 7.47. The van der Waals surface area contributed by atoms with Gasteiger partial charge in [0.05, 0.1) is 6.61 Å². The van der Waals surface area contributed by atoms with E-state index in [0.29, 0.717) is 12.8 Å². The molecule has 0 radical (unpaired) electrons. The number of hydrogen-bond donors (Lipinski definition) is 6. The molecule has 374 valence electrons. The Kier molecular flexibility index (Phi) is 37.5. The summed E-state index contributed by atoms with van der Waals surface area (Å²) in [6.45, 7) is 3.15. The number of aliphatic hydroxyl groups is 5. The van der Waals surface area contributed by atoms with E-state index in [4.69, 9.17) is 18.5 Å². The molecule has 8 atom stereocenters. The lowest BCUT2D eigenvalue weighted by Gasteiger charge is -2.41. The fourth-order valence-electron chi connectivity index (χ4n) is 7.07. The van der Waals surface area contributed by atoms with Crippen molar-refractivity contribution in [1.29, 1.82) is 0 Å². The number of unbranched alkanes of at least 4 members (excludes halogenated alkanes) is 16. The summed E-state index contributed by atoms with van der Waals surface area (Å²) in [5.74, 6) is -1.14. The number of hydrogen-bond acceptors (Lipinski definition) is 12. The molecule has 65 heavy (non-hydrogen) atoms. The number of rotatable bonds is 40. The van der Waals surface area contributed by atoms with Crippen molar-refractivity contribution in [2.75, 3.05) is 13.2 Å². The number of esters is 2. The van der Waals surface area contributed by atoms with Crippen molar-refractivity contribution >= 4 is 19.8 Å². The molecule has 0 aromatic heterocycles. The maximum absolute atomic E-state index is 12.8. The molecule has 1 fully saturated rings. The summed E-state index contributed by atoms with van der Waals surface area (Å²) >= 11 is 0. The van der Waals surface area contributed by atoms with Gasteiger partial charge in [-0.3, -0.25) is 18.6 Å². The molecule has 0 heterocycles. The monoisotopic (exact) mass is 939 g/mol. The van der Waals surface area contributed by atoms with Gasteiger partial charge in [-0.25, -0.2) is 4.57 Å². The van der Waals surface area contributed by atoms with Gasteiger partial charge in [-0.1, -0.05) is 157 Å². The summed E-state index contributed by atoms with van der Waals surface area (Å²) in [4.78, 5) is 35.8. The molecule has 1 aliphatic carbocycles. The van der Waals surface area contributed by atoms with Crippen LogP contribution in [0.5, 0.6) is 0 Å². The molecule has 0 spiro atoms. The van der Waals surface area contributed by atoms with Crippen LogP contribution in [-0.4, -0.2) is 98.3 Å². The SMILES string of the molecule is CC/C=C/C/C=C/C/C=C/C/C=C/C/C=C/CCCCCC(=O)O[C@H](COC(=O)CCCCCCCCCCC/C=C/CCCCCC)COP(=O)(O)OC1C(O)C(O)C(O)[C@@H](O)C1O. The number of ether oxygens (including phenoxy) is 2. The lowest BCUT2D eigenvalue weighted by molar-refractivity contribution is -0.220. The number of carbonyl (C=O) groups excluding carboxylic acids is 2. The van der Waals surface area contributed by atoms with E-state index in [1.807, 2.05) is 0 Å². The Morgan fingerprint density at radius 3 is 1.37 bits per heavy atom. The predicted octanol–water partition coefficient (Wildman–Crippen LogP) is 10.3. The summed E-state index contributed by atoms with van der Waals surface area (Å²) in [6.07, 6.45) is 38.0. The van der Waals surface area contributed by atoms with Crippen LogP contribution in [0.1, 0.15) is 181 Å². The summed E-state index contributed by atoms with van der Waals surface area (Å²) in [5.41, 5.74) is 0. The number of aliphatic hydroxyl groups excluding tert-OH is 5. The molecule has 0 aromatic carbocycles. The van der Waals surface area contributed by atoms with Gasteiger partial charge in [0, 0.05) is 12.8 Å². The van der Waals surface area contributed by atoms with Gasteiger partial charge in [-0.15, -0.1) is 0 Å². The molecular formula is C51H87O13P. The Morgan fingerprint density at radius 2 is 0.877 bits per heavy atom. The van der Waals surface area contributed by atoms with Crippen molar-refractivity contribution < 1.29 is 63.1 Å². The first-order valence-corrected chi connectivity index (χ1v) is 26.2. The van der Waals surface area contributed by atoms with Crippen molar-refractivity contribution in [1.82, 2.24) is 0 Å². The van der Waals surface area contributed by atoms with Crippen LogP contribution < -0.4 is 0 Å². The van der Waals surface area contributed by atoms with E-state index in [0.717, 1.165) is 83.5 Å². The highest BCUT2D eigenvalue weighted by Crippen LogP contribution is 2.47. The minimum atomic E-state index is -5.13.